The number of nitrogens with one attached hydrogen (secondary N) is 1. The molecule has 0 saturated heterocycles. The lowest BCUT2D eigenvalue weighted by atomic mass is 9.62. The van der Waals surface area contributed by atoms with Gasteiger partial charge >= 0.3 is 12.9 Å². The predicted octanol–water partition coefficient (Wildman–Crippen LogP) is 8.14. The van der Waals surface area contributed by atoms with Crippen LogP contribution in [-0.2, 0) is 28.5 Å². The topological polar surface area (TPSA) is 137 Å². The second-order valence-corrected chi connectivity index (χ2v) is 13.9. The van der Waals surface area contributed by atoms with Gasteiger partial charge in [0.2, 0.25) is 0 Å². The fourth-order valence-corrected chi connectivity index (χ4v) is 7.28. The molecule has 5 aromatic rings. The number of carbonyl (C=O) groups is 2. The Balaban J connectivity index is 0.000000181. The number of hydrogen-bond acceptors (Lipinski definition) is 9. The summed E-state index contributed by atoms with van der Waals surface area (Å²) in [6.07, 6.45) is 7.35. The molecule has 0 spiro atoms. The molecule has 1 N–H and O–H groups in total. The maximum absolute atomic E-state index is 12.5. The summed E-state index contributed by atoms with van der Waals surface area (Å²) in [6.45, 7) is -0.518. The lowest BCUT2D eigenvalue weighted by Gasteiger charge is -2.42. The van der Waals surface area contributed by atoms with Gasteiger partial charge in [-0.3, -0.25) is 9.59 Å². The predicted molar refractivity (Wildman–Crippen MR) is 187 cm³/mol. The summed E-state index contributed by atoms with van der Waals surface area (Å²) in [6, 6.07) is 15.6. The highest BCUT2D eigenvalue weighted by Crippen LogP contribution is 2.49. The van der Waals surface area contributed by atoms with Crippen LogP contribution in [0.3, 0.4) is 0 Å². The highest BCUT2D eigenvalue weighted by molar-refractivity contribution is 6.31. The third-order valence-electron chi connectivity index (χ3n) is 9.73. The molecule has 2 aliphatic carbocycles. The van der Waals surface area contributed by atoms with Crippen LogP contribution in [0, 0.1) is 0 Å². The Kier molecular flexibility index (Phi) is 11.8. The van der Waals surface area contributed by atoms with Crippen LogP contribution in [0.1, 0.15) is 84.0 Å². The van der Waals surface area contributed by atoms with Crippen LogP contribution >= 0.6 is 23.2 Å². The van der Waals surface area contributed by atoms with E-state index >= 15 is 0 Å². The highest BCUT2D eigenvalue weighted by atomic mass is 35.5. The van der Waals surface area contributed by atoms with Gasteiger partial charge in [-0.1, -0.05) is 72.4 Å². The molecule has 2 aliphatic rings. The van der Waals surface area contributed by atoms with Gasteiger partial charge in [-0.25, -0.2) is 19.9 Å². The Morgan fingerprint density at radius 1 is 0.736 bits per heavy atom. The molecule has 53 heavy (non-hydrogen) atoms. The van der Waals surface area contributed by atoms with E-state index in [1.807, 2.05) is 47.8 Å². The Bertz CT molecular complexity index is 2040. The Morgan fingerprint density at radius 2 is 1.23 bits per heavy atom. The average molecular weight is 771 g/mol. The molecule has 2 fully saturated rings. The van der Waals surface area contributed by atoms with E-state index in [0.29, 0.717) is 30.1 Å². The third kappa shape index (κ3) is 8.71. The lowest BCUT2D eigenvalue weighted by molar-refractivity contribution is -0.131. The second kappa shape index (κ2) is 16.5. The van der Waals surface area contributed by atoms with E-state index in [-0.39, 0.29) is 22.3 Å². The highest BCUT2D eigenvalue weighted by Gasteiger charge is 2.42. The van der Waals surface area contributed by atoms with Gasteiger partial charge in [0, 0.05) is 58.5 Å². The van der Waals surface area contributed by atoms with E-state index in [0.717, 1.165) is 59.7 Å². The molecule has 0 atom stereocenters. The van der Waals surface area contributed by atoms with Gasteiger partial charge in [0.1, 0.15) is 11.6 Å². The van der Waals surface area contributed by atoms with Gasteiger partial charge in [-0.05, 0) is 48.9 Å². The molecular formula is C37H33Cl2F4N7O3. The molecule has 3 aromatic heterocycles. The summed E-state index contributed by atoms with van der Waals surface area (Å²) >= 11 is 12.8. The number of halogens is 6. The summed E-state index contributed by atoms with van der Waals surface area (Å²) in [7, 11) is 0. The van der Waals surface area contributed by atoms with Crippen LogP contribution in [-0.4, -0.2) is 54.8 Å². The molecule has 0 radical (unpaired) electrons. The van der Waals surface area contributed by atoms with Crippen LogP contribution in [0.2, 0.25) is 10.0 Å². The van der Waals surface area contributed by atoms with Crippen LogP contribution in [0.5, 0.6) is 0 Å². The van der Waals surface area contributed by atoms with Crippen molar-refractivity contribution in [2.45, 2.75) is 75.0 Å². The summed E-state index contributed by atoms with van der Waals surface area (Å²) < 4.78 is 54.3. The maximum atomic E-state index is 12.5. The summed E-state index contributed by atoms with van der Waals surface area (Å²) in [5.41, 5.74) is 2.63. The van der Waals surface area contributed by atoms with Crippen molar-refractivity contribution in [3.8, 4) is 11.5 Å². The molecule has 2 aromatic carbocycles. The fourth-order valence-electron chi connectivity index (χ4n) is 6.61. The third-order valence-corrected chi connectivity index (χ3v) is 10.4. The molecule has 1 amide bonds. The van der Waals surface area contributed by atoms with Gasteiger partial charge in [0.05, 0.1) is 17.7 Å². The quantitative estimate of drug-likeness (QED) is 0.0985. The summed E-state index contributed by atoms with van der Waals surface area (Å²) in [5, 5.41) is 10.3. The van der Waals surface area contributed by atoms with Crippen molar-refractivity contribution in [3.63, 3.8) is 0 Å². The first kappa shape index (κ1) is 37.9. The van der Waals surface area contributed by atoms with Crippen LogP contribution < -0.4 is 5.32 Å². The SMILES string of the molecule is FC(F)c1nnc(-c2cnc(CC3(c4ccccc4Cl)CCC3)nc2)o1.O=C(CNC(=O)C(F)F)c1cnc(CC2(c3ccccc3Cl)CCC2)nc1. The van der Waals surface area contributed by atoms with Crippen molar-refractivity contribution >= 4 is 34.9 Å². The monoisotopic (exact) mass is 769 g/mol. The van der Waals surface area contributed by atoms with Crippen molar-refractivity contribution in [2.24, 2.45) is 0 Å². The fraction of sp³-hybridized carbons (Fsp3) is 0.351. The summed E-state index contributed by atoms with van der Waals surface area (Å²) in [5.74, 6) is -1.48. The van der Waals surface area contributed by atoms with Crippen molar-refractivity contribution in [1.29, 1.82) is 0 Å². The normalized spacial score (nSPS) is 15.5. The molecule has 16 heteroatoms. The van der Waals surface area contributed by atoms with E-state index in [1.54, 1.807) is 0 Å². The Hall–Kier alpha value is -4.82. The number of amides is 1. The molecule has 2 saturated carbocycles. The van der Waals surface area contributed by atoms with Crippen LogP contribution in [0.15, 0.2) is 77.7 Å². The number of benzene rings is 2. The van der Waals surface area contributed by atoms with E-state index in [4.69, 9.17) is 27.6 Å². The molecule has 276 valence electrons. The van der Waals surface area contributed by atoms with E-state index in [2.05, 4.69) is 36.2 Å². The molecule has 7 rings (SSSR count). The number of hydrogen-bond donors (Lipinski definition) is 1. The zero-order valence-corrected chi connectivity index (χ0v) is 29.6. The minimum atomic E-state index is -3.15. The molecular weight excluding hydrogens is 737 g/mol. The smallest absolute Gasteiger partial charge is 0.315 e. The number of rotatable bonds is 12. The first-order valence-electron chi connectivity index (χ1n) is 16.8. The van der Waals surface area contributed by atoms with Gasteiger partial charge in [0.15, 0.2) is 5.78 Å². The van der Waals surface area contributed by atoms with E-state index in [9.17, 15) is 27.2 Å². The van der Waals surface area contributed by atoms with Gasteiger partial charge in [-0.15, -0.1) is 10.2 Å². The Morgan fingerprint density at radius 3 is 1.64 bits per heavy atom. The number of aromatic nitrogens is 6. The van der Waals surface area contributed by atoms with Crippen molar-refractivity contribution in [1.82, 2.24) is 35.5 Å². The maximum Gasteiger partial charge on any atom is 0.315 e. The standard InChI is InChI=1S/C19H18ClF2N3O2.C18H15ClF2N4O/c20-14-5-2-1-4-13(14)19(6-3-7-19)8-16-23-9-12(10-24-16)15(26)11-25-18(27)17(21)22;19-13-5-2-1-4-12(13)18(6-3-7-18)8-14-22-9-11(10-23-14)16-24-25-17(26-16)15(20)21/h1-2,4-5,9-10,17H,3,6-8,11H2,(H,25,27);1-2,4-5,9-10,15H,3,6-8H2. The van der Waals surface area contributed by atoms with Crippen molar-refractivity contribution in [2.75, 3.05) is 6.54 Å². The number of alkyl halides is 4. The zero-order valence-electron chi connectivity index (χ0n) is 28.1. The van der Waals surface area contributed by atoms with Gasteiger partial charge in [-0.2, -0.15) is 17.6 Å². The number of nitrogens with zero attached hydrogens (tertiary/aromatic N) is 6. The molecule has 0 bridgehead atoms. The Labute approximate surface area is 311 Å². The average Bonchev–Trinajstić information content (AvgIpc) is 3.63. The number of carbonyl (C=O) groups excluding carboxylic acids is 2. The molecule has 0 unspecified atom stereocenters. The number of ketones is 1. The first-order valence-corrected chi connectivity index (χ1v) is 17.6. The minimum Gasteiger partial charge on any atom is -0.415 e. The first-order chi connectivity index (χ1) is 25.5. The second-order valence-electron chi connectivity index (χ2n) is 13.0. The van der Waals surface area contributed by atoms with Crippen molar-refractivity contribution in [3.05, 3.63) is 118 Å². The molecule has 10 nitrogen and oxygen atoms in total. The summed E-state index contributed by atoms with van der Waals surface area (Å²) in [4.78, 5) is 40.0. The minimum absolute atomic E-state index is 0.0173. The van der Waals surface area contributed by atoms with Crippen LogP contribution in [0.25, 0.3) is 11.5 Å². The van der Waals surface area contributed by atoms with E-state index in [1.165, 1.54) is 24.8 Å². The van der Waals surface area contributed by atoms with Gasteiger partial charge in [0.25, 0.3) is 17.7 Å². The molecule has 0 aliphatic heterocycles. The number of Topliss-reactive ketones (excluding diaryl/α,β-unsaturated/α-hetero) is 1. The van der Waals surface area contributed by atoms with Crippen LogP contribution in [0.4, 0.5) is 17.6 Å². The van der Waals surface area contributed by atoms with Crippen molar-refractivity contribution < 1.29 is 31.6 Å². The van der Waals surface area contributed by atoms with Gasteiger partial charge < -0.3 is 9.73 Å². The largest absolute Gasteiger partial charge is 0.415 e. The van der Waals surface area contributed by atoms with E-state index < -0.39 is 37.0 Å². The molecule has 3 heterocycles. The lowest BCUT2D eigenvalue weighted by Crippen LogP contribution is -2.37. The zero-order chi connectivity index (χ0) is 37.6.